The van der Waals surface area contributed by atoms with Gasteiger partial charge in [0, 0.05) is 38.3 Å². The minimum absolute atomic E-state index is 0.0603. The van der Waals surface area contributed by atoms with E-state index in [1.165, 1.54) is 0 Å². The minimum Gasteiger partial charge on any atom is -0.493 e. The van der Waals surface area contributed by atoms with Crippen molar-refractivity contribution in [3.05, 3.63) is 23.8 Å². The molecular formula is C17H26N2O3. The Hall–Kier alpha value is -1.75. The molecule has 0 spiro atoms. The van der Waals surface area contributed by atoms with Crippen molar-refractivity contribution < 1.29 is 14.3 Å². The first-order valence-electron chi connectivity index (χ1n) is 7.78. The summed E-state index contributed by atoms with van der Waals surface area (Å²) < 4.78 is 10.5. The molecule has 1 fully saturated rings. The first-order chi connectivity index (χ1) is 10.5. The Morgan fingerprint density at radius 3 is 2.27 bits per heavy atom. The number of piperazine rings is 1. The Morgan fingerprint density at radius 1 is 1.09 bits per heavy atom. The number of rotatable bonds is 5. The molecular weight excluding hydrogens is 280 g/mol. The van der Waals surface area contributed by atoms with Crippen LogP contribution in [-0.2, 0) is 0 Å². The van der Waals surface area contributed by atoms with Crippen molar-refractivity contribution in [1.29, 1.82) is 0 Å². The molecule has 0 N–H and O–H groups in total. The second-order valence-corrected chi connectivity index (χ2v) is 6.06. The van der Waals surface area contributed by atoms with Gasteiger partial charge in [-0.05, 0) is 24.1 Å². The topological polar surface area (TPSA) is 42.0 Å². The van der Waals surface area contributed by atoms with Crippen molar-refractivity contribution in [2.24, 2.45) is 5.92 Å². The average Bonchev–Trinajstić information content (AvgIpc) is 2.53. The van der Waals surface area contributed by atoms with Gasteiger partial charge in [0.15, 0.2) is 11.5 Å². The maximum absolute atomic E-state index is 12.6. The minimum atomic E-state index is 0.0603. The fourth-order valence-corrected chi connectivity index (χ4v) is 2.80. The van der Waals surface area contributed by atoms with Crippen LogP contribution >= 0.6 is 0 Å². The van der Waals surface area contributed by atoms with Crippen LogP contribution in [0.3, 0.4) is 0 Å². The molecule has 2 rings (SSSR count). The van der Waals surface area contributed by atoms with Crippen molar-refractivity contribution in [3.63, 3.8) is 0 Å². The first-order valence-corrected chi connectivity index (χ1v) is 7.78. The largest absolute Gasteiger partial charge is 0.493 e. The molecule has 0 bridgehead atoms. The zero-order chi connectivity index (χ0) is 16.1. The molecule has 0 saturated carbocycles. The zero-order valence-electron chi connectivity index (χ0n) is 14.0. The van der Waals surface area contributed by atoms with E-state index in [-0.39, 0.29) is 5.91 Å². The molecule has 0 radical (unpaired) electrons. The van der Waals surface area contributed by atoms with Crippen LogP contribution in [0.25, 0.3) is 0 Å². The molecule has 1 aromatic rings. The lowest BCUT2D eigenvalue weighted by atomic mass is 10.1. The number of methoxy groups -OCH3 is 2. The predicted molar refractivity (Wildman–Crippen MR) is 86.7 cm³/mol. The molecule has 5 heteroatoms. The summed E-state index contributed by atoms with van der Waals surface area (Å²) in [7, 11) is 3.17. The number of ether oxygens (including phenoxy) is 2. The van der Waals surface area contributed by atoms with Crippen molar-refractivity contribution in [2.45, 2.75) is 13.8 Å². The second kappa shape index (κ2) is 7.49. The Balaban J connectivity index is 2.01. The average molecular weight is 306 g/mol. The number of nitrogens with zero attached hydrogens (tertiary/aromatic N) is 2. The third-order valence-electron chi connectivity index (χ3n) is 3.91. The highest BCUT2D eigenvalue weighted by atomic mass is 16.5. The molecule has 1 amide bonds. The van der Waals surface area contributed by atoms with Gasteiger partial charge < -0.3 is 14.4 Å². The quantitative estimate of drug-likeness (QED) is 0.835. The van der Waals surface area contributed by atoms with E-state index in [1.54, 1.807) is 32.4 Å². The Bertz CT molecular complexity index is 509. The lowest BCUT2D eigenvalue weighted by Crippen LogP contribution is -2.49. The van der Waals surface area contributed by atoms with Gasteiger partial charge in [0.2, 0.25) is 0 Å². The summed E-state index contributed by atoms with van der Waals surface area (Å²) in [6.07, 6.45) is 0. The highest BCUT2D eigenvalue weighted by Crippen LogP contribution is 2.28. The van der Waals surface area contributed by atoms with Crippen LogP contribution in [0.15, 0.2) is 18.2 Å². The summed E-state index contributed by atoms with van der Waals surface area (Å²) in [4.78, 5) is 16.9. The van der Waals surface area contributed by atoms with Crippen molar-refractivity contribution in [1.82, 2.24) is 9.80 Å². The van der Waals surface area contributed by atoms with Crippen LogP contribution in [-0.4, -0.2) is 62.7 Å². The highest BCUT2D eigenvalue weighted by molar-refractivity contribution is 5.95. The van der Waals surface area contributed by atoms with Gasteiger partial charge in [0.25, 0.3) is 5.91 Å². The molecule has 1 aliphatic rings. The van der Waals surface area contributed by atoms with Crippen LogP contribution in [0.1, 0.15) is 24.2 Å². The Morgan fingerprint density at radius 2 is 1.73 bits per heavy atom. The van der Waals surface area contributed by atoms with E-state index in [9.17, 15) is 4.79 Å². The van der Waals surface area contributed by atoms with Crippen molar-refractivity contribution >= 4 is 5.91 Å². The highest BCUT2D eigenvalue weighted by Gasteiger charge is 2.23. The molecule has 22 heavy (non-hydrogen) atoms. The van der Waals surface area contributed by atoms with Gasteiger partial charge in [-0.2, -0.15) is 0 Å². The van der Waals surface area contributed by atoms with E-state index in [1.807, 2.05) is 4.90 Å². The summed E-state index contributed by atoms with van der Waals surface area (Å²) in [5.74, 6) is 1.95. The standard InChI is InChI=1S/C17H26N2O3/c1-13(2)12-18-7-9-19(10-8-18)17(20)14-5-6-15(21-3)16(11-14)22-4/h5-6,11,13H,7-10,12H2,1-4H3. The van der Waals surface area contributed by atoms with Gasteiger partial charge in [-0.15, -0.1) is 0 Å². The fraction of sp³-hybridized carbons (Fsp3) is 0.588. The van der Waals surface area contributed by atoms with Gasteiger partial charge in [-0.3, -0.25) is 9.69 Å². The van der Waals surface area contributed by atoms with Crippen molar-refractivity contribution in [3.8, 4) is 11.5 Å². The number of benzene rings is 1. The normalized spacial score (nSPS) is 16.0. The van der Waals surface area contributed by atoms with E-state index in [0.717, 1.165) is 32.7 Å². The van der Waals surface area contributed by atoms with E-state index in [4.69, 9.17) is 9.47 Å². The lowest BCUT2D eigenvalue weighted by molar-refractivity contribution is 0.0623. The molecule has 1 heterocycles. The van der Waals surface area contributed by atoms with E-state index in [0.29, 0.717) is 23.0 Å². The van der Waals surface area contributed by atoms with Crippen molar-refractivity contribution in [2.75, 3.05) is 46.9 Å². The summed E-state index contributed by atoms with van der Waals surface area (Å²) in [6, 6.07) is 5.33. The summed E-state index contributed by atoms with van der Waals surface area (Å²) in [5.41, 5.74) is 0.648. The maximum atomic E-state index is 12.6. The number of amides is 1. The number of carbonyl (C=O) groups excluding carboxylic acids is 1. The van der Waals surface area contributed by atoms with Gasteiger partial charge in [-0.25, -0.2) is 0 Å². The Labute approximate surface area is 132 Å². The molecule has 1 aliphatic heterocycles. The van der Waals surface area contributed by atoms with Crippen LogP contribution in [0.2, 0.25) is 0 Å². The van der Waals surface area contributed by atoms with Crippen LogP contribution < -0.4 is 9.47 Å². The number of hydrogen-bond donors (Lipinski definition) is 0. The molecule has 0 aliphatic carbocycles. The predicted octanol–water partition coefficient (Wildman–Crippen LogP) is 2.12. The third-order valence-corrected chi connectivity index (χ3v) is 3.91. The van der Waals surface area contributed by atoms with Gasteiger partial charge in [-0.1, -0.05) is 13.8 Å². The SMILES string of the molecule is COc1ccc(C(=O)N2CCN(CC(C)C)CC2)cc1OC. The van der Waals surface area contributed by atoms with Crippen LogP contribution in [0.5, 0.6) is 11.5 Å². The lowest BCUT2D eigenvalue weighted by Gasteiger charge is -2.35. The second-order valence-electron chi connectivity index (χ2n) is 6.06. The molecule has 0 unspecified atom stereocenters. The smallest absolute Gasteiger partial charge is 0.254 e. The molecule has 1 saturated heterocycles. The number of hydrogen-bond acceptors (Lipinski definition) is 4. The van der Waals surface area contributed by atoms with E-state index in [2.05, 4.69) is 18.7 Å². The summed E-state index contributed by atoms with van der Waals surface area (Å²) in [5, 5.41) is 0. The van der Waals surface area contributed by atoms with E-state index >= 15 is 0 Å². The molecule has 0 atom stereocenters. The monoisotopic (exact) mass is 306 g/mol. The van der Waals surface area contributed by atoms with Gasteiger partial charge >= 0.3 is 0 Å². The summed E-state index contributed by atoms with van der Waals surface area (Å²) in [6.45, 7) is 8.98. The van der Waals surface area contributed by atoms with Gasteiger partial charge in [0.05, 0.1) is 14.2 Å². The maximum Gasteiger partial charge on any atom is 0.254 e. The molecule has 5 nitrogen and oxygen atoms in total. The zero-order valence-corrected chi connectivity index (χ0v) is 14.0. The molecule has 0 aromatic heterocycles. The van der Waals surface area contributed by atoms with Gasteiger partial charge in [0.1, 0.15) is 0 Å². The summed E-state index contributed by atoms with van der Waals surface area (Å²) >= 11 is 0. The van der Waals surface area contributed by atoms with E-state index < -0.39 is 0 Å². The van der Waals surface area contributed by atoms with Crippen LogP contribution in [0, 0.1) is 5.92 Å². The first kappa shape index (κ1) is 16.6. The number of carbonyl (C=O) groups is 1. The third kappa shape index (κ3) is 3.91. The fourth-order valence-electron chi connectivity index (χ4n) is 2.80. The van der Waals surface area contributed by atoms with Crippen LogP contribution in [0.4, 0.5) is 0 Å². The molecule has 122 valence electrons. The molecule has 1 aromatic carbocycles. The Kier molecular flexibility index (Phi) is 5.66.